The zero-order valence-electron chi connectivity index (χ0n) is 15.0. The summed E-state index contributed by atoms with van der Waals surface area (Å²) in [5, 5.41) is 82.9. The van der Waals surface area contributed by atoms with E-state index in [1.165, 1.54) is 0 Å². The number of azo groups is 1. The van der Waals surface area contributed by atoms with Crippen LogP contribution < -0.4 is 0 Å². The lowest BCUT2D eigenvalue weighted by Crippen LogP contribution is -2.64. The summed E-state index contributed by atoms with van der Waals surface area (Å²) in [6.45, 7) is -1.86. The van der Waals surface area contributed by atoms with Gasteiger partial charge in [-0.05, 0) is 5.11 Å². The van der Waals surface area contributed by atoms with Gasteiger partial charge in [-0.25, -0.2) is 0 Å². The maximum Gasteiger partial charge on any atom is 0.203 e. The molecule has 2 fully saturated rings. The fraction of sp³-hybridized carbons (Fsp3) is 1.00. The second-order valence-electron chi connectivity index (χ2n) is 6.41. The topological polar surface area (TPSA) is 217 Å². The number of hydroxylamine groups is 1. The summed E-state index contributed by atoms with van der Waals surface area (Å²) < 4.78 is 20.9. The normalized spacial score (nSPS) is 45.2. The van der Waals surface area contributed by atoms with E-state index >= 15 is 0 Å². The first-order valence-corrected chi connectivity index (χ1v) is 8.49. The van der Waals surface area contributed by atoms with Crippen molar-refractivity contribution in [2.24, 2.45) is 5.11 Å². The molecule has 0 saturated carbocycles. The van der Waals surface area contributed by atoms with E-state index in [4.69, 9.17) is 18.9 Å². The Hall–Kier alpha value is -1.04. The molecule has 10 atom stereocenters. The van der Waals surface area contributed by atoms with Gasteiger partial charge in [0, 0.05) is 0 Å². The van der Waals surface area contributed by atoms with Crippen molar-refractivity contribution in [2.75, 3.05) is 27.0 Å². The molecule has 7 N–H and O–H groups in total. The third-order valence-electron chi connectivity index (χ3n) is 4.46. The SMILES string of the molecule is C[N+]([O-])=NCO[C@@H]1O[C@H](CO)[C@@H](OC2O[C@H](CO)[C@@H](O)[C@H](O)[C@H]2O)[C@H](O)[C@H]1O. The van der Waals surface area contributed by atoms with E-state index in [0.717, 1.165) is 7.05 Å². The largest absolute Gasteiger partial charge is 0.600 e. The van der Waals surface area contributed by atoms with Crippen molar-refractivity contribution < 1.29 is 59.6 Å². The van der Waals surface area contributed by atoms with Crippen LogP contribution in [-0.2, 0) is 18.9 Å². The maximum atomic E-state index is 10.7. The minimum absolute atomic E-state index is 0.222. The first-order valence-electron chi connectivity index (χ1n) is 8.49. The van der Waals surface area contributed by atoms with Crippen molar-refractivity contribution in [3.8, 4) is 0 Å². The van der Waals surface area contributed by atoms with E-state index in [-0.39, 0.29) is 4.86 Å². The minimum atomic E-state index is -1.75. The Balaban J connectivity index is 2.07. The molecule has 14 heteroatoms. The highest BCUT2D eigenvalue weighted by Crippen LogP contribution is 2.29. The number of ether oxygens (including phenoxy) is 4. The van der Waals surface area contributed by atoms with E-state index < -0.39 is 81.4 Å². The number of aliphatic hydroxyl groups is 7. The summed E-state index contributed by atoms with van der Waals surface area (Å²) in [5.74, 6) is 0. The third-order valence-corrected chi connectivity index (χ3v) is 4.46. The van der Waals surface area contributed by atoms with Crippen LogP contribution >= 0.6 is 0 Å². The molecular weight excluding hydrogens is 388 g/mol. The van der Waals surface area contributed by atoms with Crippen LogP contribution in [0.3, 0.4) is 0 Å². The fourth-order valence-corrected chi connectivity index (χ4v) is 2.88. The van der Waals surface area contributed by atoms with Gasteiger partial charge in [-0.1, -0.05) is 4.86 Å². The molecule has 0 radical (unpaired) electrons. The zero-order chi connectivity index (χ0) is 21.0. The van der Waals surface area contributed by atoms with E-state index in [9.17, 15) is 41.0 Å². The molecule has 2 rings (SSSR count). The molecule has 2 heterocycles. The minimum Gasteiger partial charge on any atom is -0.600 e. The van der Waals surface area contributed by atoms with Crippen molar-refractivity contribution in [3.05, 3.63) is 5.21 Å². The third kappa shape index (κ3) is 5.11. The average Bonchev–Trinajstić information content (AvgIpc) is 2.66. The first-order chi connectivity index (χ1) is 13.2. The molecule has 0 amide bonds. The number of aliphatic hydroxyl groups excluding tert-OH is 7. The smallest absolute Gasteiger partial charge is 0.203 e. The second-order valence-corrected chi connectivity index (χ2v) is 6.41. The molecule has 2 aliphatic heterocycles. The number of hydrogen-bond acceptors (Lipinski definition) is 13. The zero-order valence-corrected chi connectivity index (χ0v) is 15.0. The summed E-state index contributed by atoms with van der Waals surface area (Å²) in [7, 11) is 1.11. The van der Waals surface area contributed by atoms with E-state index in [1.807, 2.05) is 0 Å². The fourth-order valence-electron chi connectivity index (χ4n) is 2.88. The predicted octanol–water partition coefficient (Wildman–Crippen LogP) is -4.82. The molecular formula is C14H26N2O12. The monoisotopic (exact) mass is 414 g/mol. The summed E-state index contributed by atoms with van der Waals surface area (Å²) >= 11 is 0. The highest BCUT2D eigenvalue weighted by atomic mass is 16.7. The summed E-state index contributed by atoms with van der Waals surface area (Å²) in [6.07, 6.45) is -15.4. The van der Waals surface area contributed by atoms with E-state index in [2.05, 4.69) is 5.11 Å². The van der Waals surface area contributed by atoms with Crippen molar-refractivity contribution in [1.82, 2.24) is 0 Å². The Morgan fingerprint density at radius 1 is 0.857 bits per heavy atom. The molecule has 1 unspecified atom stereocenters. The Morgan fingerprint density at radius 2 is 1.43 bits per heavy atom. The van der Waals surface area contributed by atoms with Gasteiger partial charge >= 0.3 is 0 Å². The van der Waals surface area contributed by atoms with Crippen LogP contribution in [0.2, 0.25) is 0 Å². The Labute approximate surface area is 159 Å². The van der Waals surface area contributed by atoms with Gasteiger partial charge in [0.2, 0.25) is 6.73 Å². The number of nitrogens with zero attached hydrogens (tertiary/aromatic N) is 2. The molecule has 0 spiro atoms. The van der Waals surface area contributed by atoms with Gasteiger partial charge in [-0.3, -0.25) is 0 Å². The lowest BCUT2D eigenvalue weighted by atomic mass is 9.97. The maximum absolute atomic E-state index is 10.7. The molecule has 164 valence electrons. The van der Waals surface area contributed by atoms with Crippen LogP contribution in [0.25, 0.3) is 0 Å². The Morgan fingerprint density at radius 3 is 2.00 bits per heavy atom. The summed E-state index contributed by atoms with van der Waals surface area (Å²) in [4.78, 5) is 0.222. The van der Waals surface area contributed by atoms with Crippen LogP contribution in [0.5, 0.6) is 0 Å². The van der Waals surface area contributed by atoms with Gasteiger partial charge in [-0.2, -0.15) is 0 Å². The molecule has 0 aromatic heterocycles. The highest BCUT2D eigenvalue weighted by molar-refractivity contribution is 4.94. The van der Waals surface area contributed by atoms with Gasteiger partial charge in [0.05, 0.1) is 13.2 Å². The van der Waals surface area contributed by atoms with Crippen molar-refractivity contribution in [2.45, 2.75) is 61.4 Å². The van der Waals surface area contributed by atoms with Gasteiger partial charge in [-0.15, -0.1) is 0 Å². The first kappa shape index (κ1) is 23.2. The Kier molecular flexibility index (Phi) is 8.41. The quantitative estimate of drug-likeness (QED) is 0.119. The molecule has 0 bridgehead atoms. The van der Waals surface area contributed by atoms with Crippen LogP contribution in [0.15, 0.2) is 5.11 Å². The number of rotatable bonds is 7. The van der Waals surface area contributed by atoms with Crippen LogP contribution in [0.4, 0.5) is 0 Å². The van der Waals surface area contributed by atoms with E-state index in [0.29, 0.717) is 0 Å². The average molecular weight is 414 g/mol. The predicted molar refractivity (Wildman–Crippen MR) is 84.3 cm³/mol. The number of hydrogen-bond donors (Lipinski definition) is 7. The second kappa shape index (κ2) is 10.1. The van der Waals surface area contributed by atoms with Gasteiger partial charge in [0.1, 0.15) is 48.8 Å². The molecule has 0 aliphatic carbocycles. The molecule has 2 saturated heterocycles. The van der Waals surface area contributed by atoms with Crippen molar-refractivity contribution >= 4 is 0 Å². The lowest BCUT2D eigenvalue weighted by Gasteiger charge is -2.45. The van der Waals surface area contributed by atoms with Crippen LogP contribution in [0.1, 0.15) is 0 Å². The van der Waals surface area contributed by atoms with Gasteiger partial charge < -0.3 is 59.9 Å². The summed E-state index contributed by atoms with van der Waals surface area (Å²) in [6, 6.07) is 0. The molecule has 2 aliphatic rings. The standard InChI is InChI=1S/C14H26N2O12/c1-16(24)15-4-25-13-11(23)9(21)12(6(3-18)27-13)28-14-10(22)8(20)7(19)5(2-17)26-14/h5-14,17-23H,2-4H2,1H3/t5-,6-,7-,8+,9-,10-,11-,12-,13-,14?/m1/s1. The molecule has 0 aromatic rings. The van der Waals surface area contributed by atoms with Crippen molar-refractivity contribution in [1.29, 1.82) is 0 Å². The highest BCUT2D eigenvalue weighted by Gasteiger charge is 2.50. The lowest BCUT2D eigenvalue weighted by molar-refractivity contribution is -0.505. The molecule has 28 heavy (non-hydrogen) atoms. The van der Waals surface area contributed by atoms with Crippen molar-refractivity contribution in [3.63, 3.8) is 0 Å². The van der Waals surface area contributed by atoms with Crippen LogP contribution in [0, 0.1) is 5.21 Å². The van der Waals surface area contributed by atoms with Crippen LogP contribution in [-0.4, -0.2) is 129 Å². The van der Waals surface area contributed by atoms with Gasteiger partial charge in [0.15, 0.2) is 19.6 Å². The summed E-state index contributed by atoms with van der Waals surface area (Å²) in [5.41, 5.74) is 0. The molecule has 0 aromatic carbocycles. The van der Waals surface area contributed by atoms with E-state index in [1.54, 1.807) is 0 Å². The molecule has 14 nitrogen and oxygen atoms in total. The Bertz CT molecular complexity index is 517. The van der Waals surface area contributed by atoms with Gasteiger partial charge in [0.25, 0.3) is 0 Å².